The average Bonchev–Trinajstić information content (AvgIpc) is 2.52. The summed E-state index contributed by atoms with van der Waals surface area (Å²) in [5.41, 5.74) is 2.32. The number of nitrogens with zero attached hydrogens (tertiary/aromatic N) is 2. The van der Waals surface area contributed by atoms with Gasteiger partial charge in [0.05, 0.1) is 17.2 Å². The third kappa shape index (κ3) is 4.13. The van der Waals surface area contributed by atoms with E-state index in [0.29, 0.717) is 23.9 Å². The van der Waals surface area contributed by atoms with Gasteiger partial charge in [0.15, 0.2) is 0 Å². The highest BCUT2D eigenvalue weighted by Gasteiger charge is 2.03. The van der Waals surface area contributed by atoms with Gasteiger partial charge in [0.25, 0.3) is 5.56 Å². The van der Waals surface area contributed by atoms with Crippen LogP contribution in [0.3, 0.4) is 0 Å². The summed E-state index contributed by atoms with van der Waals surface area (Å²) in [6.07, 6.45) is 5.33. The van der Waals surface area contributed by atoms with Crippen LogP contribution in [0.5, 0.6) is 0 Å². The van der Waals surface area contributed by atoms with Crippen LogP contribution in [-0.2, 0) is 11.3 Å². The minimum Gasteiger partial charge on any atom is -0.299 e. The third-order valence-corrected chi connectivity index (χ3v) is 3.41. The Labute approximate surface area is 122 Å². The van der Waals surface area contributed by atoms with Crippen LogP contribution in [0, 0.1) is 0 Å². The van der Waals surface area contributed by atoms with Crippen LogP contribution in [0.2, 0.25) is 0 Å². The number of nitrogens with one attached hydrogen (secondary N) is 1. The van der Waals surface area contributed by atoms with Crippen LogP contribution in [-0.4, -0.2) is 20.7 Å². The van der Waals surface area contributed by atoms with Gasteiger partial charge in [0.2, 0.25) is 5.91 Å². The molecule has 6 heteroatoms. The van der Waals surface area contributed by atoms with Gasteiger partial charge in [-0.05, 0) is 25.0 Å². The number of hydroxylamine groups is 1. The van der Waals surface area contributed by atoms with Crippen LogP contribution in [0.25, 0.3) is 10.9 Å². The highest BCUT2D eigenvalue weighted by atomic mass is 16.5. The van der Waals surface area contributed by atoms with Gasteiger partial charge in [0.1, 0.15) is 0 Å². The molecule has 1 amide bonds. The van der Waals surface area contributed by atoms with Crippen LogP contribution in [0.15, 0.2) is 35.4 Å². The molecule has 0 atom stereocenters. The van der Waals surface area contributed by atoms with Crippen LogP contribution < -0.4 is 11.0 Å². The van der Waals surface area contributed by atoms with Gasteiger partial charge >= 0.3 is 0 Å². The number of rotatable bonds is 7. The van der Waals surface area contributed by atoms with Crippen LogP contribution in [0.4, 0.5) is 0 Å². The summed E-state index contributed by atoms with van der Waals surface area (Å²) in [5, 5.41) is 9.00. The van der Waals surface area contributed by atoms with Crippen molar-refractivity contribution in [3.63, 3.8) is 0 Å². The van der Waals surface area contributed by atoms with Crippen molar-refractivity contribution >= 4 is 16.8 Å². The van der Waals surface area contributed by atoms with Gasteiger partial charge in [-0.25, -0.2) is 10.5 Å². The molecule has 0 bridgehead atoms. The number of amides is 1. The maximum atomic E-state index is 12.2. The average molecular weight is 289 g/mol. The molecule has 2 rings (SSSR count). The first-order valence-corrected chi connectivity index (χ1v) is 7.09. The van der Waals surface area contributed by atoms with Crippen molar-refractivity contribution in [2.45, 2.75) is 38.6 Å². The van der Waals surface area contributed by atoms with E-state index >= 15 is 0 Å². The lowest BCUT2D eigenvalue weighted by molar-refractivity contribution is -0.129. The zero-order valence-electron chi connectivity index (χ0n) is 11.8. The lowest BCUT2D eigenvalue weighted by atomic mass is 10.1. The highest BCUT2D eigenvalue weighted by Crippen LogP contribution is 2.07. The summed E-state index contributed by atoms with van der Waals surface area (Å²) in [4.78, 5) is 27.3. The molecule has 0 aliphatic carbocycles. The van der Waals surface area contributed by atoms with Crippen molar-refractivity contribution in [1.29, 1.82) is 0 Å². The first-order valence-electron chi connectivity index (χ1n) is 7.09. The Morgan fingerprint density at radius 3 is 2.76 bits per heavy atom. The normalized spacial score (nSPS) is 10.7. The second-order valence-corrected chi connectivity index (χ2v) is 4.96. The summed E-state index contributed by atoms with van der Waals surface area (Å²) in [7, 11) is 0. The van der Waals surface area contributed by atoms with Gasteiger partial charge in [-0.1, -0.05) is 25.0 Å². The monoisotopic (exact) mass is 289 g/mol. The van der Waals surface area contributed by atoms with Crippen molar-refractivity contribution < 1.29 is 10.0 Å². The van der Waals surface area contributed by atoms with Crippen LogP contribution in [0.1, 0.15) is 32.1 Å². The minimum atomic E-state index is -0.357. The summed E-state index contributed by atoms with van der Waals surface area (Å²) < 4.78 is 1.63. The summed E-state index contributed by atoms with van der Waals surface area (Å²) in [5.74, 6) is -0.357. The molecule has 0 aliphatic rings. The lowest BCUT2D eigenvalue weighted by Crippen LogP contribution is -2.20. The summed E-state index contributed by atoms with van der Waals surface area (Å²) in [6.45, 7) is 0.628. The molecule has 112 valence electrons. The van der Waals surface area contributed by atoms with Crippen molar-refractivity contribution in [3.8, 4) is 0 Å². The molecule has 0 saturated carbocycles. The van der Waals surface area contributed by atoms with E-state index in [0.717, 1.165) is 25.7 Å². The summed E-state index contributed by atoms with van der Waals surface area (Å²) in [6, 6.07) is 7.31. The van der Waals surface area contributed by atoms with E-state index in [4.69, 9.17) is 5.21 Å². The molecule has 2 N–H and O–H groups in total. The first-order chi connectivity index (χ1) is 10.2. The number of para-hydroxylation sites is 1. The molecule has 21 heavy (non-hydrogen) atoms. The molecule has 0 spiro atoms. The van der Waals surface area contributed by atoms with E-state index in [1.54, 1.807) is 22.4 Å². The van der Waals surface area contributed by atoms with Crippen molar-refractivity contribution in [2.24, 2.45) is 0 Å². The number of aromatic nitrogens is 2. The molecule has 0 aliphatic heterocycles. The van der Waals surface area contributed by atoms with Gasteiger partial charge < -0.3 is 0 Å². The number of hydrogen-bond donors (Lipinski definition) is 2. The number of hydrogen-bond acceptors (Lipinski definition) is 4. The predicted octanol–water partition coefficient (Wildman–Crippen LogP) is 1.85. The number of benzene rings is 1. The van der Waals surface area contributed by atoms with E-state index < -0.39 is 0 Å². The Kier molecular flexibility index (Phi) is 5.45. The van der Waals surface area contributed by atoms with Crippen molar-refractivity contribution in [3.05, 3.63) is 40.9 Å². The molecule has 1 aromatic heterocycles. The van der Waals surface area contributed by atoms with Gasteiger partial charge in [0, 0.05) is 13.0 Å². The van der Waals surface area contributed by atoms with E-state index in [-0.39, 0.29) is 11.5 Å². The largest absolute Gasteiger partial charge is 0.299 e. The molecule has 6 nitrogen and oxygen atoms in total. The lowest BCUT2D eigenvalue weighted by Gasteiger charge is -2.06. The Hall–Kier alpha value is -2.21. The molecule has 0 radical (unpaired) electrons. The Balaban J connectivity index is 1.83. The Morgan fingerprint density at radius 2 is 1.95 bits per heavy atom. The standard InChI is InChI=1S/C15H19N3O3/c19-14(17-21)9-3-1-2-6-10-18-11-16-13-8-5-4-7-12(13)15(18)20/h4-5,7-8,11,21H,1-3,6,9-10H2,(H,17,19). The zero-order valence-corrected chi connectivity index (χ0v) is 11.8. The maximum Gasteiger partial charge on any atom is 0.261 e. The van der Waals surface area contributed by atoms with Crippen LogP contribution >= 0.6 is 0 Å². The quantitative estimate of drug-likeness (QED) is 0.463. The summed E-state index contributed by atoms with van der Waals surface area (Å²) >= 11 is 0. The highest BCUT2D eigenvalue weighted by molar-refractivity contribution is 5.76. The van der Waals surface area contributed by atoms with Crippen molar-refractivity contribution in [1.82, 2.24) is 15.0 Å². The molecule has 0 unspecified atom stereocenters. The number of carbonyl (C=O) groups is 1. The second-order valence-electron chi connectivity index (χ2n) is 4.96. The second kappa shape index (κ2) is 7.54. The molecule has 1 aromatic carbocycles. The zero-order chi connectivity index (χ0) is 15.1. The van der Waals surface area contributed by atoms with E-state index in [9.17, 15) is 9.59 Å². The number of aryl methyl sites for hydroxylation is 1. The van der Waals surface area contributed by atoms with Gasteiger partial charge in [-0.2, -0.15) is 0 Å². The molecular weight excluding hydrogens is 270 g/mol. The van der Waals surface area contributed by atoms with E-state index in [2.05, 4.69) is 4.98 Å². The fourth-order valence-corrected chi connectivity index (χ4v) is 2.24. The Bertz CT molecular complexity index is 667. The first kappa shape index (κ1) is 15.2. The van der Waals surface area contributed by atoms with Crippen molar-refractivity contribution in [2.75, 3.05) is 0 Å². The fraction of sp³-hybridized carbons (Fsp3) is 0.400. The van der Waals surface area contributed by atoms with Gasteiger partial charge in [-0.3, -0.25) is 19.4 Å². The Morgan fingerprint density at radius 1 is 1.19 bits per heavy atom. The van der Waals surface area contributed by atoms with E-state index in [1.807, 2.05) is 18.2 Å². The minimum absolute atomic E-state index is 0.0136. The molecule has 2 aromatic rings. The molecular formula is C15H19N3O3. The number of fused-ring (bicyclic) bond motifs is 1. The topological polar surface area (TPSA) is 84.2 Å². The number of carbonyl (C=O) groups excluding carboxylic acids is 1. The SMILES string of the molecule is O=C(CCCCCCn1cnc2ccccc2c1=O)NO. The molecule has 0 fully saturated rings. The third-order valence-electron chi connectivity index (χ3n) is 3.41. The smallest absolute Gasteiger partial charge is 0.261 e. The maximum absolute atomic E-state index is 12.2. The molecule has 0 saturated heterocycles. The fourth-order valence-electron chi connectivity index (χ4n) is 2.24. The predicted molar refractivity (Wildman–Crippen MR) is 79.0 cm³/mol. The van der Waals surface area contributed by atoms with E-state index in [1.165, 1.54) is 0 Å². The molecule has 1 heterocycles. The van der Waals surface area contributed by atoms with Gasteiger partial charge in [-0.15, -0.1) is 0 Å². The number of unbranched alkanes of at least 4 members (excludes halogenated alkanes) is 3.